The van der Waals surface area contributed by atoms with Crippen LogP contribution in [0.2, 0.25) is 0 Å². The van der Waals surface area contributed by atoms with E-state index in [0.29, 0.717) is 30.3 Å². The van der Waals surface area contributed by atoms with Gasteiger partial charge in [-0.05, 0) is 30.5 Å². The van der Waals surface area contributed by atoms with Crippen molar-refractivity contribution >= 4 is 17.5 Å². The molecule has 1 aromatic carbocycles. The van der Waals surface area contributed by atoms with Crippen LogP contribution >= 0.6 is 0 Å². The third-order valence-electron chi connectivity index (χ3n) is 5.59. The van der Waals surface area contributed by atoms with Gasteiger partial charge in [0, 0.05) is 37.8 Å². The highest BCUT2D eigenvalue weighted by Crippen LogP contribution is 2.42. The number of benzene rings is 1. The van der Waals surface area contributed by atoms with Crippen molar-refractivity contribution in [3.8, 4) is 6.07 Å². The maximum atomic E-state index is 9.92. The smallest absolute Gasteiger partial charge is 0.224 e. The Morgan fingerprint density at radius 3 is 2.57 bits per heavy atom. The second-order valence-corrected chi connectivity index (χ2v) is 8.08. The second-order valence-electron chi connectivity index (χ2n) is 8.08. The third kappa shape index (κ3) is 4.18. The molecule has 1 fully saturated rings. The molecule has 2 atom stereocenters. The lowest BCUT2D eigenvalue weighted by atomic mass is 9.64. The van der Waals surface area contributed by atoms with Gasteiger partial charge in [0.05, 0.1) is 12.3 Å². The van der Waals surface area contributed by atoms with Gasteiger partial charge >= 0.3 is 0 Å². The Balaban J connectivity index is 1.61. The zero-order valence-electron chi connectivity index (χ0n) is 16.9. The van der Waals surface area contributed by atoms with Crippen LogP contribution in [0.5, 0.6) is 0 Å². The van der Waals surface area contributed by atoms with E-state index in [1.807, 2.05) is 27.9 Å². The number of hydrogen-bond acceptors (Lipinski definition) is 7. The molecule has 148 valence electrons. The van der Waals surface area contributed by atoms with E-state index < -0.39 is 0 Å². The summed E-state index contributed by atoms with van der Waals surface area (Å²) in [5, 5.41) is 25.8. The number of nitrogens with one attached hydrogen (secondary N) is 2. The normalized spacial score (nSPS) is 20.0. The molecule has 0 unspecified atom stereocenters. The molecule has 3 N–H and O–H groups in total. The standard InChI is InChI=1S/C21H28N6O/c1-21(2)17(11-18(21)28)25-19-15(12-22)13-24-20(26-19)23-10-9-14-5-7-16(8-6-14)27(3)4/h5-8,13,17-18,28H,9-11H2,1-4H3,(H2,23,24,25,26)/t17-,18+/m1/s1. The molecule has 0 spiro atoms. The summed E-state index contributed by atoms with van der Waals surface area (Å²) < 4.78 is 0. The minimum absolute atomic E-state index is 0.0764. The van der Waals surface area contributed by atoms with Crippen molar-refractivity contribution in [2.24, 2.45) is 5.41 Å². The summed E-state index contributed by atoms with van der Waals surface area (Å²) in [5.74, 6) is 1.00. The molecule has 7 nitrogen and oxygen atoms in total. The van der Waals surface area contributed by atoms with E-state index in [1.54, 1.807) is 0 Å². The molecule has 2 aromatic rings. The van der Waals surface area contributed by atoms with E-state index >= 15 is 0 Å². The first-order valence-corrected chi connectivity index (χ1v) is 9.53. The van der Waals surface area contributed by atoms with Gasteiger partial charge in [-0.2, -0.15) is 10.2 Å². The highest BCUT2D eigenvalue weighted by molar-refractivity contribution is 5.54. The van der Waals surface area contributed by atoms with E-state index in [2.05, 4.69) is 55.8 Å². The molecule has 28 heavy (non-hydrogen) atoms. The first-order chi connectivity index (χ1) is 13.3. The quantitative estimate of drug-likeness (QED) is 0.679. The van der Waals surface area contributed by atoms with Crippen molar-refractivity contribution in [2.75, 3.05) is 36.2 Å². The van der Waals surface area contributed by atoms with Crippen LogP contribution in [-0.2, 0) is 6.42 Å². The van der Waals surface area contributed by atoms with Crippen molar-refractivity contribution in [3.05, 3.63) is 41.6 Å². The van der Waals surface area contributed by atoms with E-state index in [0.717, 1.165) is 6.42 Å². The van der Waals surface area contributed by atoms with Gasteiger partial charge in [-0.25, -0.2) is 4.98 Å². The van der Waals surface area contributed by atoms with Crippen molar-refractivity contribution in [2.45, 2.75) is 38.8 Å². The highest BCUT2D eigenvalue weighted by Gasteiger charge is 2.47. The molecule has 3 rings (SSSR count). The van der Waals surface area contributed by atoms with Gasteiger partial charge in [-0.3, -0.25) is 0 Å². The van der Waals surface area contributed by atoms with Gasteiger partial charge in [0.15, 0.2) is 0 Å². The molecule has 1 aliphatic rings. The average molecular weight is 380 g/mol. The first kappa shape index (κ1) is 19.9. The molecule has 0 amide bonds. The van der Waals surface area contributed by atoms with Crippen LogP contribution < -0.4 is 15.5 Å². The number of anilines is 3. The SMILES string of the molecule is CN(C)c1ccc(CCNc2ncc(C#N)c(N[C@@H]3C[C@H](O)C3(C)C)n2)cc1. The number of aliphatic hydroxyl groups is 1. The van der Waals surface area contributed by atoms with Crippen LogP contribution in [-0.4, -0.2) is 47.9 Å². The summed E-state index contributed by atoms with van der Waals surface area (Å²) in [6, 6.07) is 10.6. The monoisotopic (exact) mass is 380 g/mol. The summed E-state index contributed by atoms with van der Waals surface area (Å²) in [6.07, 6.45) is 2.69. The maximum Gasteiger partial charge on any atom is 0.224 e. The minimum Gasteiger partial charge on any atom is -0.392 e. The molecule has 1 aromatic heterocycles. The zero-order valence-corrected chi connectivity index (χ0v) is 16.9. The summed E-state index contributed by atoms with van der Waals surface area (Å²) in [6.45, 7) is 4.71. The van der Waals surface area contributed by atoms with Crippen molar-refractivity contribution in [1.82, 2.24) is 9.97 Å². The summed E-state index contributed by atoms with van der Waals surface area (Å²) in [5.41, 5.74) is 2.56. The number of rotatable bonds is 7. The Morgan fingerprint density at radius 2 is 2.00 bits per heavy atom. The highest BCUT2D eigenvalue weighted by atomic mass is 16.3. The zero-order chi connectivity index (χ0) is 20.3. The first-order valence-electron chi connectivity index (χ1n) is 9.53. The molecular formula is C21H28N6O. The Labute approximate surface area is 166 Å². The number of nitriles is 1. The van der Waals surface area contributed by atoms with Crippen LogP contribution in [0, 0.1) is 16.7 Å². The van der Waals surface area contributed by atoms with Crippen LogP contribution in [0.1, 0.15) is 31.4 Å². The van der Waals surface area contributed by atoms with Crippen LogP contribution in [0.4, 0.5) is 17.5 Å². The second kappa shape index (κ2) is 8.03. The molecule has 1 aliphatic carbocycles. The molecule has 0 aliphatic heterocycles. The maximum absolute atomic E-state index is 9.92. The summed E-state index contributed by atoms with van der Waals surface area (Å²) in [7, 11) is 4.05. The predicted octanol–water partition coefficient (Wildman–Crippen LogP) is 2.64. The van der Waals surface area contributed by atoms with Gasteiger partial charge < -0.3 is 20.6 Å². The fourth-order valence-electron chi connectivity index (χ4n) is 3.25. The number of nitrogens with zero attached hydrogens (tertiary/aromatic N) is 4. The molecule has 0 bridgehead atoms. The Morgan fingerprint density at radius 1 is 1.29 bits per heavy atom. The lowest BCUT2D eigenvalue weighted by Gasteiger charge is -2.49. The molecule has 0 saturated heterocycles. The molecule has 0 radical (unpaired) electrons. The third-order valence-corrected chi connectivity index (χ3v) is 5.59. The lowest BCUT2D eigenvalue weighted by Crippen LogP contribution is -2.57. The summed E-state index contributed by atoms with van der Waals surface area (Å²) in [4.78, 5) is 10.8. The van der Waals surface area contributed by atoms with Crippen molar-refractivity contribution in [3.63, 3.8) is 0 Å². The number of hydrogen-bond donors (Lipinski definition) is 3. The molecular weight excluding hydrogens is 352 g/mol. The fraction of sp³-hybridized carbons (Fsp3) is 0.476. The van der Waals surface area contributed by atoms with Gasteiger partial charge in [0.2, 0.25) is 5.95 Å². The Kier molecular flexibility index (Phi) is 5.71. The topological polar surface area (TPSA) is 97.1 Å². The van der Waals surface area contributed by atoms with Gasteiger partial charge in [0.1, 0.15) is 17.5 Å². The minimum atomic E-state index is -0.339. The summed E-state index contributed by atoms with van der Waals surface area (Å²) >= 11 is 0. The van der Waals surface area contributed by atoms with Crippen molar-refractivity contribution in [1.29, 1.82) is 5.26 Å². The largest absolute Gasteiger partial charge is 0.392 e. The van der Waals surface area contributed by atoms with Gasteiger partial charge in [-0.15, -0.1) is 0 Å². The lowest BCUT2D eigenvalue weighted by molar-refractivity contribution is -0.0511. The van der Waals surface area contributed by atoms with Gasteiger partial charge in [-0.1, -0.05) is 26.0 Å². The van der Waals surface area contributed by atoms with Crippen LogP contribution in [0.25, 0.3) is 0 Å². The molecule has 7 heteroatoms. The Hall–Kier alpha value is -2.85. The van der Waals surface area contributed by atoms with Gasteiger partial charge in [0.25, 0.3) is 0 Å². The number of aliphatic hydroxyl groups excluding tert-OH is 1. The Bertz CT molecular complexity index is 856. The predicted molar refractivity (Wildman–Crippen MR) is 112 cm³/mol. The van der Waals surface area contributed by atoms with E-state index in [1.165, 1.54) is 17.4 Å². The fourth-order valence-corrected chi connectivity index (χ4v) is 3.25. The van der Waals surface area contributed by atoms with E-state index in [9.17, 15) is 10.4 Å². The van der Waals surface area contributed by atoms with E-state index in [4.69, 9.17) is 0 Å². The van der Waals surface area contributed by atoms with E-state index in [-0.39, 0.29) is 17.6 Å². The average Bonchev–Trinajstić information content (AvgIpc) is 2.68. The molecule has 1 saturated carbocycles. The van der Waals surface area contributed by atoms with Crippen LogP contribution in [0.3, 0.4) is 0 Å². The van der Waals surface area contributed by atoms with Crippen LogP contribution in [0.15, 0.2) is 30.5 Å². The van der Waals surface area contributed by atoms with Crippen molar-refractivity contribution < 1.29 is 5.11 Å². The molecule has 1 heterocycles. The number of aromatic nitrogens is 2.